The summed E-state index contributed by atoms with van der Waals surface area (Å²) in [5, 5.41) is 2.08. The van der Waals surface area contributed by atoms with Gasteiger partial charge in [-0.2, -0.15) is 0 Å². The third-order valence-corrected chi connectivity index (χ3v) is 7.92. The van der Waals surface area contributed by atoms with E-state index in [1.807, 2.05) is 66.4 Å². The fourth-order valence-electron chi connectivity index (χ4n) is 4.95. The van der Waals surface area contributed by atoms with E-state index in [1.54, 1.807) is 16.2 Å². The van der Waals surface area contributed by atoms with Crippen molar-refractivity contribution in [3.8, 4) is 5.75 Å². The van der Waals surface area contributed by atoms with Crippen LogP contribution in [-0.2, 0) is 16.0 Å². The average Bonchev–Trinajstić information content (AvgIpc) is 3.59. The largest absolute Gasteiger partial charge is 0.491 e. The molecule has 2 aliphatic rings. The first kappa shape index (κ1) is 24.5. The van der Waals surface area contributed by atoms with E-state index in [4.69, 9.17) is 9.47 Å². The number of thiophene rings is 1. The van der Waals surface area contributed by atoms with E-state index >= 15 is 0 Å². The van der Waals surface area contributed by atoms with Gasteiger partial charge < -0.3 is 19.3 Å². The molecule has 6 nitrogen and oxygen atoms in total. The average molecular weight is 505 g/mol. The van der Waals surface area contributed by atoms with Gasteiger partial charge in [0, 0.05) is 30.1 Å². The fraction of sp³-hybridized carbons (Fsp3) is 0.379. The van der Waals surface area contributed by atoms with Gasteiger partial charge in [-0.3, -0.25) is 9.59 Å². The highest BCUT2D eigenvalue weighted by Gasteiger charge is 2.34. The summed E-state index contributed by atoms with van der Waals surface area (Å²) >= 11 is 1.73. The SMILES string of the molecule is Cc1ccc(C(=O)N(CC(=O)N2CCc3sccc3[C@@H]2COc2ccccc2)C[C@H]2CCCO2)cc1. The van der Waals surface area contributed by atoms with E-state index in [0.717, 1.165) is 36.1 Å². The first-order valence-corrected chi connectivity index (χ1v) is 13.5. The second-order valence-corrected chi connectivity index (χ2v) is 10.5. The van der Waals surface area contributed by atoms with Crippen LogP contribution in [0.4, 0.5) is 0 Å². The summed E-state index contributed by atoms with van der Waals surface area (Å²) in [5.74, 6) is 0.581. The maximum atomic E-state index is 13.8. The Morgan fingerprint density at radius 1 is 1.11 bits per heavy atom. The Bertz CT molecular complexity index is 1170. The van der Waals surface area contributed by atoms with Crippen LogP contribution in [0.5, 0.6) is 5.75 Å². The van der Waals surface area contributed by atoms with Crippen molar-refractivity contribution >= 4 is 23.2 Å². The third kappa shape index (κ3) is 5.63. The van der Waals surface area contributed by atoms with E-state index in [9.17, 15) is 9.59 Å². The summed E-state index contributed by atoms with van der Waals surface area (Å²) in [6.45, 7) is 4.12. The van der Waals surface area contributed by atoms with Crippen LogP contribution >= 0.6 is 11.3 Å². The quantitative estimate of drug-likeness (QED) is 0.439. The zero-order valence-corrected chi connectivity index (χ0v) is 21.4. The van der Waals surface area contributed by atoms with Crippen molar-refractivity contribution < 1.29 is 19.1 Å². The normalized spacial score (nSPS) is 19.1. The number of aryl methyl sites for hydroxylation is 1. The number of para-hydroxylation sites is 1. The molecule has 0 bridgehead atoms. The van der Waals surface area contributed by atoms with Gasteiger partial charge in [-0.1, -0.05) is 35.9 Å². The summed E-state index contributed by atoms with van der Waals surface area (Å²) in [7, 11) is 0. The Hall–Kier alpha value is -3.16. The number of benzene rings is 2. The molecule has 2 amide bonds. The number of ether oxygens (including phenoxy) is 2. The molecule has 0 spiro atoms. The first-order chi connectivity index (χ1) is 17.6. The van der Waals surface area contributed by atoms with Crippen molar-refractivity contribution in [3.63, 3.8) is 0 Å². The number of carbonyl (C=O) groups is 2. The lowest BCUT2D eigenvalue weighted by atomic mass is 10.00. The minimum Gasteiger partial charge on any atom is -0.491 e. The molecule has 0 radical (unpaired) electrons. The number of hydrogen-bond acceptors (Lipinski definition) is 5. The van der Waals surface area contributed by atoms with Crippen molar-refractivity contribution in [2.75, 3.05) is 32.8 Å². The molecule has 0 N–H and O–H groups in total. The van der Waals surface area contributed by atoms with Crippen LogP contribution in [0.3, 0.4) is 0 Å². The molecule has 3 aromatic rings. The summed E-state index contributed by atoms with van der Waals surface area (Å²) < 4.78 is 11.9. The molecule has 2 aliphatic heterocycles. The predicted octanol–water partition coefficient (Wildman–Crippen LogP) is 4.88. The molecule has 2 aromatic carbocycles. The molecule has 0 saturated carbocycles. The molecule has 188 valence electrons. The van der Waals surface area contributed by atoms with Gasteiger partial charge in [0.2, 0.25) is 5.91 Å². The molecule has 1 aromatic heterocycles. The fourth-order valence-corrected chi connectivity index (χ4v) is 5.88. The van der Waals surface area contributed by atoms with Gasteiger partial charge in [-0.15, -0.1) is 11.3 Å². The molecular weight excluding hydrogens is 472 g/mol. The lowest BCUT2D eigenvalue weighted by molar-refractivity contribution is -0.135. The molecule has 0 aliphatic carbocycles. The smallest absolute Gasteiger partial charge is 0.254 e. The molecule has 2 atom stereocenters. The van der Waals surface area contributed by atoms with Crippen LogP contribution in [0.25, 0.3) is 0 Å². The number of fused-ring (bicyclic) bond motifs is 1. The molecule has 0 unspecified atom stereocenters. The number of amides is 2. The van der Waals surface area contributed by atoms with Gasteiger partial charge >= 0.3 is 0 Å². The highest BCUT2D eigenvalue weighted by Crippen LogP contribution is 2.34. The van der Waals surface area contributed by atoms with Crippen LogP contribution in [-0.4, -0.2) is 60.6 Å². The van der Waals surface area contributed by atoms with Gasteiger partial charge in [0.05, 0.1) is 12.1 Å². The van der Waals surface area contributed by atoms with E-state index < -0.39 is 0 Å². The van der Waals surface area contributed by atoms with Crippen LogP contribution in [0.2, 0.25) is 0 Å². The topological polar surface area (TPSA) is 59.1 Å². The molecule has 36 heavy (non-hydrogen) atoms. The Morgan fingerprint density at radius 2 is 1.92 bits per heavy atom. The van der Waals surface area contributed by atoms with E-state index in [-0.39, 0.29) is 30.5 Å². The first-order valence-electron chi connectivity index (χ1n) is 12.6. The minimum atomic E-state index is -0.188. The minimum absolute atomic E-state index is 0.0217. The molecule has 1 fully saturated rings. The van der Waals surface area contributed by atoms with Crippen LogP contribution in [0.15, 0.2) is 66.0 Å². The Morgan fingerprint density at radius 3 is 2.67 bits per heavy atom. The highest BCUT2D eigenvalue weighted by molar-refractivity contribution is 7.10. The number of hydrogen-bond donors (Lipinski definition) is 0. The van der Waals surface area contributed by atoms with Gasteiger partial charge in [0.15, 0.2) is 0 Å². The van der Waals surface area contributed by atoms with E-state index in [0.29, 0.717) is 31.9 Å². The predicted molar refractivity (Wildman–Crippen MR) is 140 cm³/mol. The molecule has 1 saturated heterocycles. The maximum absolute atomic E-state index is 13.8. The lowest BCUT2D eigenvalue weighted by Crippen LogP contribution is -2.49. The number of nitrogens with zero attached hydrogens (tertiary/aromatic N) is 2. The van der Waals surface area contributed by atoms with Crippen LogP contribution < -0.4 is 4.74 Å². The number of carbonyl (C=O) groups excluding carboxylic acids is 2. The van der Waals surface area contributed by atoms with Gasteiger partial charge in [0.25, 0.3) is 5.91 Å². The molecule has 5 rings (SSSR count). The Labute approximate surface area is 216 Å². The van der Waals surface area contributed by atoms with Crippen LogP contribution in [0, 0.1) is 6.92 Å². The summed E-state index contributed by atoms with van der Waals surface area (Å²) in [5.41, 5.74) is 2.83. The summed E-state index contributed by atoms with van der Waals surface area (Å²) in [6.07, 6.45) is 2.67. The third-order valence-electron chi connectivity index (χ3n) is 6.93. The second-order valence-electron chi connectivity index (χ2n) is 9.46. The Balaban J connectivity index is 1.35. The Kier molecular flexibility index (Phi) is 7.68. The van der Waals surface area contributed by atoms with E-state index in [1.165, 1.54) is 4.88 Å². The zero-order chi connectivity index (χ0) is 24.9. The highest BCUT2D eigenvalue weighted by atomic mass is 32.1. The van der Waals surface area contributed by atoms with Gasteiger partial charge in [-0.05, 0) is 67.5 Å². The van der Waals surface area contributed by atoms with Crippen molar-refractivity contribution in [1.82, 2.24) is 9.80 Å². The molecule has 3 heterocycles. The monoisotopic (exact) mass is 504 g/mol. The van der Waals surface area contributed by atoms with Crippen molar-refractivity contribution in [1.29, 1.82) is 0 Å². The summed E-state index contributed by atoms with van der Waals surface area (Å²) in [6, 6.07) is 19.1. The van der Waals surface area contributed by atoms with Crippen molar-refractivity contribution in [2.45, 2.75) is 38.3 Å². The molecule has 7 heteroatoms. The van der Waals surface area contributed by atoms with Gasteiger partial charge in [0.1, 0.15) is 18.9 Å². The molecular formula is C29H32N2O4S. The summed E-state index contributed by atoms with van der Waals surface area (Å²) in [4.78, 5) is 32.1. The van der Waals surface area contributed by atoms with Crippen molar-refractivity contribution in [2.24, 2.45) is 0 Å². The van der Waals surface area contributed by atoms with Crippen LogP contribution in [0.1, 0.15) is 45.2 Å². The van der Waals surface area contributed by atoms with Gasteiger partial charge in [-0.25, -0.2) is 0 Å². The van der Waals surface area contributed by atoms with Crippen molar-refractivity contribution in [3.05, 3.63) is 87.6 Å². The zero-order valence-electron chi connectivity index (χ0n) is 20.6. The van der Waals surface area contributed by atoms with E-state index in [2.05, 4.69) is 11.4 Å². The maximum Gasteiger partial charge on any atom is 0.254 e. The number of rotatable bonds is 8. The lowest BCUT2D eigenvalue weighted by Gasteiger charge is -2.37. The second kappa shape index (κ2) is 11.3. The standard InChI is InChI=1S/C29H32N2O4S/c1-21-9-11-22(12-10-21)29(33)30(18-24-8-5-16-34-24)19-28(32)31-15-13-27-25(14-17-36-27)26(31)20-35-23-6-3-2-4-7-23/h2-4,6-7,9-12,14,17,24,26H,5,8,13,15-16,18-20H2,1H3/t24-,26+/m1/s1.